The first kappa shape index (κ1) is 15.1. The van der Waals surface area contributed by atoms with Gasteiger partial charge in [0.1, 0.15) is 5.82 Å². The molecule has 0 aliphatic rings. The van der Waals surface area contributed by atoms with Gasteiger partial charge in [0.25, 0.3) is 0 Å². The first-order valence-corrected chi connectivity index (χ1v) is 6.20. The van der Waals surface area contributed by atoms with E-state index in [4.69, 9.17) is 15.2 Å². The fourth-order valence-corrected chi connectivity index (χ4v) is 1.72. The van der Waals surface area contributed by atoms with Gasteiger partial charge in [-0.2, -0.15) is 0 Å². The van der Waals surface area contributed by atoms with Gasteiger partial charge in [0.15, 0.2) is 0 Å². The standard InChI is InChI=1S/C14H22FNO2/c1-11-3-4-13(15)9-12(11)10-14(16)5-6-18-8-7-17-2/h3-4,9,14H,5-8,10,16H2,1-2H3. The highest BCUT2D eigenvalue weighted by molar-refractivity contribution is 5.27. The molecule has 1 aromatic carbocycles. The summed E-state index contributed by atoms with van der Waals surface area (Å²) in [5.74, 6) is -0.209. The van der Waals surface area contributed by atoms with Crippen LogP contribution in [-0.2, 0) is 15.9 Å². The summed E-state index contributed by atoms with van der Waals surface area (Å²) in [5, 5.41) is 0. The Kier molecular flexibility index (Phi) is 6.86. The van der Waals surface area contributed by atoms with E-state index in [0.29, 0.717) is 26.2 Å². The number of halogens is 1. The van der Waals surface area contributed by atoms with Crippen LogP contribution in [0.15, 0.2) is 18.2 Å². The number of nitrogens with two attached hydrogens (primary N) is 1. The van der Waals surface area contributed by atoms with E-state index >= 15 is 0 Å². The lowest BCUT2D eigenvalue weighted by Gasteiger charge is -2.13. The molecule has 1 atom stereocenters. The molecular weight excluding hydrogens is 233 g/mol. The van der Waals surface area contributed by atoms with Gasteiger partial charge in [-0.05, 0) is 43.0 Å². The van der Waals surface area contributed by atoms with Crippen LogP contribution in [0.2, 0.25) is 0 Å². The summed E-state index contributed by atoms with van der Waals surface area (Å²) in [6, 6.07) is 4.80. The monoisotopic (exact) mass is 255 g/mol. The SMILES string of the molecule is COCCOCCC(N)Cc1cc(F)ccc1C. The predicted molar refractivity (Wildman–Crippen MR) is 70.1 cm³/mol. The molecule has 18 heavy (non-hydrogen) atoms. The van der Waals surface area contributed by atoms with Gasteiger partial charge in [-0.25, -0.2) is 4.39 Å². The quantitative estimate of drug-likeness (QED) is 0.723. The van der Waals surface area contributed by atoms with Crippen molar-refractivity contribution in [3.05, 3.63) is 35.1 Å². The van der Waals surface area contributed by atoms with Crippen LogP contribution < -0.4 is 5.73 Å². The highest BCUT2D eigenvalue weighted by Gasteiger charge is 2.07. The highest BCUT2D eigenvalue weighted by atomic mass is 19.1. The lowest BCUT2D eigenvalue weighted by atomic mass is 10.00. The fourth-order valence-electron chi connectivity index (χ4n) is 1.72. The molecule has 1 unspecified atom stereocenters. The molecule has 0 saturated carbocycles. The van der Waals surface area contributed by atoms with Gasteiger partial charge < -0.3 is 15.2 Å². The van der Waals surface area contributed by atoms with Crippen molar-refractivity contribution in [2.45, 2.75) is 25.8 Å². The van der Waals surface area contributed by atoms with Crippen molar-refractivity contribution in [2.75, 3.05) is 26.9 Å². The van der Waals surface area contributed by atoms with E-state index in [2.05, 4.69) is 0 Å². The Bertz CT molecular complexity index is 358. The molecule has 4 heteroatoms. The van der Waals surface area contributed by atoms with Gasteiger partial charge in [0, 0.05) is 19.8 Å². The molecule has 0 saturated heterocycles. The van der Waals surface area contributed by atoms with Crippen LogP contribution in [-0.4, -0.2) is 33.0 Å². The zero-order valence-corrected chi connectivity index (χ0v) is 11.1. The third-order valence-electron chi connectivity index (χ3n) is 2.86. The summed E-state index contributed by atoms with van der Waals surface area (Å²) in [6.45, 7) is 3.76. The minimum Gasteiger partial charge on any atom is -0.382 e. The van der Waals surface area contributed by atoms with Crippen LogP contribution in [0.3, 0.4) is 0 Å². The van der Waals surface area contributed by atoms with Crippen molar-refractivity contribution < 1.29 is 13.9 Å². The maximum Gasteiger partial charge on any atom is 0.123 e. The molecule has 0 spiro atoms. The van der Waals surface area contributed by atoms with Crippen LogP contribution in [0.5, 0.6) is 0 Å². The topological polar surface area (TPSA) is 44.5 Å². The highest BCUT2D eigenvalue weighted by Crippen LogP contribution is 2.12. The Hall–Kier alpha value is -0.970. The van der Waals surface area contributed by atoms with Crippen molar-refractivity contribution in [3.63, 3.8) is 0 Å². The largest absolute Gasteiger partial charge is 0.382 e. The molecule has 2 N–H and O–H groups in total. The number of rotatable bonds is 8. The zero-order valence-electron chi connectivity index (χ0n) is 11.1. The third-order valence-corrected chi connectivity index (χ3v) is 2.86. The molecule has 1 aromatic rings. The molecular formula is C14H22FNO2. The molecule has 0 amide bonds. The normalized spacial score (nSPS) is 12.7. The number of hydrogen-bond acceptors (Lipinski definition) is 3. The first-order valence-electron chi connectivity index (χ1n) is 6.20. The van der Waals surface area contributed by atoms with Gasteiger partial charge in [-0.1, -0.05) is 6.07 Å². The second kappa shape index (κ2) is 8.19. The molecule has 0 heterocycles. The van der Waals surface area contributed by atoms with Crippen molar-refractivity contribution in [3.8, 4) is 0 Å². The average molecular weight is 255 g/mol. The van der Waals surface area contributed by atoms with Crippen LogP contribution in [0, 0.1) is 12.7 Å². The summed E-state index contributed by atoms with van der Waals surface area (Å²) in [5.41, 5.74) is 8.05. The van der Waals surface area contributed by atoms with Gasteiger partial charge in [0.2, 0.25) is 0 Å². The number of ether oxygens (including phenoxy) is 2. The van der Waals surface area contributed by atoms with Gasteiger partial charge in [-0.3, -0.25) is 0 Å². The third kappa shape index (κ3) is 5.58. The van der Waals surface area contributed by atoms with Crippen LogP contribution in [0.4, 0.5) is 4.39 Å². The van der Waals surface area contributed by atoms with E-state index in [9.17, 15) is 4.39 Å². The van der Waals surface area contributed by atoms with Gasteiger partial charge >= 0.3 is 0 Å². The summed E-state index contributed by atoms with van der Waals surface area (Å²) in [6.07, 6.45) is 1.44. The van der Waals surface area contributed by atoms with E-state index in [1.165, 1.54) is 6.07 Å². The Balaban J connectivity index is 2.30. The van der Waals surface area contributed by atoms with E-state index in [1.54, 1.807) is 19.2 Å². The fraction of sp³-hybridized carbons (Fsp3) is 0.571. The second-order valence-electron chi connectivity index (χ2n) is 4.43. The van der Waals surface area contributed by atoms with Gasteiger partial charge in [-0.15, -0.1) is 0 Å². The minimum atomic E-state index is -0.209. The van der Waals surface area contributed by atoms with Crippen LogP contribution in [0.1, 0.15) is 17.5 Å². The molecule has 0 aliphatic heterocycles. The van der Waals surface area contributed by atoms with Crippen LogP contribution in [0.25, 0.3) is 0 Å². The maximum absolute atomic E-state index is 13.1. The molecule has 0 aliphatic carbocycles. The number of benzene rings is 1. The molecule has 1 rings (SSSR count). The Morgan fingerprint density at radius 1 is 1.28 bits per heavy atom. The minimum absolute atomic E-state index is 0.00644. The zero-order chi connectivity index (χ0) is 13.4. The second-order valence-corrected chi connectivity index (χ2v) is 4.43. The average Bonchev–Trinajstić information content (AvgIpc) is 2.33. The van der Waals surface area contributed by atoms with Crippen molar-refractivity contribution in [1.29, 1.82) is 0 Å². The van der Waals surface area contributed by atoms with Crippen molar-refractivity contribution in [1.82, 2.24) is 0 Å². The van der Waals surface area contributed by atoms with E-state index in [1.807, 2.05) is 6.92 Å². The first-order chi connectivity index (χ1) is 8.63. The number of hydrogen-bond donors (Lipinski definition) is 1. The summed E-state index contributed by atoms with van der Waals surface area (Å²) >= 11 is 0. The molecule has 0 fully saturated rings. The van der Waals surface area contributed by atoms with Crippen LogP contribution >= 0.6 is 0 Å². The van der Waals surface area contributed by atoms with Crippen molar-refractivity contribution >= 4 is 0 Å². The maximum atomic E-state index is 13.1. The Morgan fingerprint density at radius 3 is 2.78 bits per heavy atom. The van der Waals surface area contributed by atoms with Gasteiger partial charge in [0.05, 0.1) is 13.2 Å². The van der Waals surface area contributed by atoms with E-state index in [-0.39, 0.29) is 11.9 Å². The molecule has 0 aromatic heterocycles. The molecule has 102 valence electrons. The number of aryl methyl sites for hydroxylation is 1. The summed E-state index contributed by atoms with van der Waals surface area (Å²) < 4.78 is 23.3. The molecule has 3 nitrogen and oxygen atoms in total. The van der Waals surface area contributed by atoms with E-state index < -0.39 is 0 Å². The number of methoxy groups -OCH3 is 1. The predicted octanol–water partition coefficient (Wildman–Crippen LogP) is 2.06. The van der Waals surface area contributed by atoms with Crippen molar-refractivity contribution in [2.24, 2.45) is 5.73 Å². The molecule has 0 bridgehead atoms. The lowest BCUT2D eigenvalue weighted by molar-refractivity contribution is 0.0672. The smallest absolute Gasteiger partial charge is 0.123 e. The Labute approximate surface area is 108 Å². The molecule has 0 radical (unpaired) electrons. The lowest BCUT2D eigenvalue weighted by Crippen LogP contribution is -2.25. The Morgan fingerprint density at radius 2 is 2.06 bits per heavy atom. The summed E-state index contributed by atoms with van der Waals surface area (Å²) in [7, 11) is 1.64. The summed E-state index contributed by atoms with van der Waals surface area (Å²) in [4.78, 5) is 0. The van der Waals surface area contributed by atoms with E-state index in [0.717, 1.165) is 17.5 Å².